The van der Waals surface area contributed by atoms with Crippen molar-refractivity contribution in [2.45, 2.75) is 63.8 Å². The fourth-order valence-electron chi connectivity index (χ4n) is 5.97. The summed E-state index contributed by atoms with van der Waals surface area (Å²) in [7, 11) is 1.90. The molecule has 7 rings (SSSR count). The van der Waals surface area contributed by atoms with Gasteiger partial charge in [-0.15, -0.1) is 0 Å². The third-order valence-electron chi connectivity index (χ3n) is 7.88. The second-order valence-corrected chi connectivity index (χ2v) is 10.3. The Morgan fingerprint density at radius 3 is 2.86 bits per heavy atom. The monoisotopic (exact) mass is 483 g/mol. The zero-order valence-corrected chi connectivity index (χ0v) is 20.5. The average Bonchev–Trinajstić information content (AvgIpc) is 3.24. The number of nitrogen functional groups attached to an aromatic ring is 1. The first-order valence-corrected chi connectivity index (χ1v) is 12.8. The molecule has 1 fully saturated rings. The van der Waals surface area contributed by atoms with Crippen LogP contribution in [0, 0.1) is 0 Å². The topological polar surface area (TPSA) is 99.4 Å². The van der Waals surface area contributed by atoms with E-state index in [4.69, 9.17) is 14.9 Å². The summed E-state index contributed by atoms with van der Waals surface area (Å²) in [4.78, 5) is 20.8. The molecule has 3 aliphatic rings. The van der Waals surface area contributed by atoms with E-state index in [0.29, 0.717) is 18.0 Å². The molecule has 8 heteroatoms. The maximum atomic E-state index is 14.1. The number of hydrogen-bond acceptors (Lipinski definition) is 6. The standard InChI is InChI=1S/C28H29N5O3/c1-15-26-21(14-35-15)19-10-16(6-9-22(19)31-27(26)29)28(34)33(18-7-8-18)23-4-3-5-24-20(23)11-25(36-24)17-12-30-32(2)13-17/h6,9-13,15,18,23H,3-5,7-8,14H2,1-2H3,(H2,29,31). The minimum atomic E-state index is -0.0880. The van der Waals surface area contributed by atoms with E-state index in [-0.39, 0.29) is 24.1 Å². The Kier molecular flexibility index (Phi) is 4.76. The van der Waals surface area contributed by atoms with E-state index in [9.17, 15) is 4.79 Å². The van der Waals surface area contributed by atoms with Gasteiger partial charge >= 0.3 is 0 Å². The first kappa shape index (κ1) is 21.6. The van der Waals surface area contributed by atoms with Crippen LogP contribution in [0.15, 0.2) is 41.1 Å². The largest absolute Gasteiger partial charge is 0.461 e. The molecule has 8 nitrogen and oxygen atoms in total. The molecule has 1 aliphatic heterocycles. The van der Waals surface area contributed by atoms with E-state index in [1.54, 1.807) is 4.68 Å². The number of pyridine rings is 1. The van der Waals surface area contributed by atoms with Crippen LogP contribution in [-0.4, -0.2) is 31.6 Å². The average molecular weight is 484 g/mol. The molecule has 2 N–H and O–H groups in total. The van der Waals surface area contributed by atoms with Gasteiger partial charge in [0.2, 0.25) is 0 Å². The Morgan fingerprint density at radius 2 is 2.08 bits per heavy atom. The number of nitrogens with two attached hydrogens (primary N) is 1. The van der Waals surface area contributed by atoms with Gasteiger partial charge in [0.1, 0.15) is 17.3 Å². The Balaban J connectivity index is 1.28. The summed E-state index contributed by atoms with van der Waals surface area (Å²) in [5.41, 5.74) is 11.8. The van der Waals surface area contributed by atoms with Crippen LogP contribution in [-0.2, 0) is 24.8 Å². The number of furan rings is 1. The van der Waals surface area contributed by atoms with Crippen molar-refractivity contribution in [3.05, 3.63) is 64.7 Å². The Morgan fingerprint density at radius 1 is 1.22 bits per heavy atom. The SMILES string of the molecule is CC1OCc2c1c(N)nc1ccc(C(=O)N(C3CC3)C3CCCc4oc(-c5cnn(C)c5)cc43)cc21. The number of carbonyl (C=O) groups excluding carboxylic acids is 1. The van der Waals surface area contributed by atoms with Crippen LogP contribution in [0.25, 0.3) is 22.2 Å². The van der Waals surface area contributed by atoms with Crippen molar-refractivity contribution < 1.29 is 13.9 Å². The van der Waals surface area contributed by atoms with Gasteiger partial charge in [-0.3, -0.25) is 9.48 Å². The maximum absolute atomic E-state index is 14.1. The number of hydrogen-bond donors (Lipinski definition) is 1. The zero-order chi connectivity index (χ0) is 24.6. The normalized spacial score (nSPS) is 20.9. The lowest BCUT2D eigenvalue weighted by Gasteiger charge is -2.34. The van der Waals surface area contributed by atoms with Crippen LogP contribution >= 0.6 is 0 Å². The lowest BCUT2D eigenvalue weighted by atomic mass is 9.91. The van der Waals surface area contributed by atoms with Crippen molar-refractivity contribution in [2.24, 2.45) is 7.05 Å². The van der Waals surface area contributed by atoms with Crippen LogP contribution in [0.3, 0.4) is 0 Å². The molecule has 4 aromatic rings. The van der Waals surface area contributed by atoms with Crippen molar-refractivity contribution in [1.29, 1.82) is 0 Å². The third kappa shape index (κ3) is 3.35. The van der Waals surface area contributed by atoms with Crippen molar-refractivity contribution in [3.8, 4) is 11.3 Å². The lowest BCUT2D eigenvalue weighted by Crippen LogP contribution is -2.38. The molecule has 2 unspecified atom stereocenters. The highest BCUT2D eigenvalue weighted by atomic mass is 16.5. The Bertz CT molecular complexity index is 1520. The number of aromatic nitrogens is 3. The molecular weight excluding hydrogens is 454 g/mol. The number of anilines is 1. The van der Waals surface area contributed by atoms with Crippen LogP contribution in [0.2, 0.25) is 0 Å². The highest BCUT2D eigenvalue weighted by Crippen LogP contribution is 2.44. The Labute approximate surface area is 209 Å². The molecule has 3 aromatic heterocycles. The zero-order valence-electron chi connectivity index (χ0n) is 20.5. The van der Waals surface area contributed by atoms with E-state index in [1.807, 2.05) is 44.6 Å². The third-order valence-corrected chi connectivity index (χ3v) is 7.88. The summed E-state index contributed by atoms with van der Waals surface area (Å²) in [6.07, 6.45) is 8.60. The van der Waals surface area contributed by atoms with Crippen molar-refractivity contribution in [1.82, 2.24) is 19.7 Å². The molecule has 1 saturated carbocycles. The molecule has 0 bridgehead atoms. The maximum Gasteiger partial charge on any atom is 0.254 e. The number of rotatable bonds is 4. The van der Waals surface area contributed by atoms with Crippen molar-refractivity contribution >= 4 is 22.6 Å². The summed E-state index contributed by atoms with van der Waals surface area (Å²) in [5, 5.41) is 5.24. The summed E-state index contributed by atoms with van der Waals surface area (Å²) >= 11 is 0. The molecule has 0 saturated heterocycles. The molecule has 1 aromatic carbocycles. The molecule has 0 radical (unpaired) electrons. The molecule has 2 aliphatic carbocycles. The fourth-order valence-corrected chi connectivity index (χ4v) is 5.97. The number of aryl methyl sites for hydroxylation is 2. The number of amides is 1. The predicted octanol–water partition coefficient (Wildman–Crippen LogP) is 5.08. The molecule has 0 spiro atoms. The van der Waals surface area contributed by atoms with E-state index >= 15 is 0 Å². The number of ether oxygens (including phenoxy) is 1. The van der Waals surface area contributed by atoms with E-state index < -0.39 is 0 Å². The number of benzene rings is 1. The highest BCUT2D eigenvalue weighted by Gasteiger charge is 2.41. The quantitative estimate of drug-likeness (QED) is 0.434. The predicted molar refractivity (Wildman–Crippen MR) is 135 cm³/mol. The lowest BCUT2D eigenvalue weighted by molar-refractivity contribution is 0.0635. The molecule has 4 heterocycles. The number of carbonyl (C=O) groups is 1. The van der Waals surface area contributed by atoms with E-state index in [1.165, 1.54) is 0 Å². The first-order chi connectivity index (χ1) is 17.5. The van der Waals surface area contributed by atoms with Gasteiger partial charge in [0, 0.05) is 47.8 Å². The van der Waals surface area contributed by atoms with E-state index in [2.05, 4.69) is 21.0 Å². The van der Waals surface area contributed by atoms with Crippen LogP contribution in [0.1, 0.15) is 77.6 Å². The summed E-state index contributed by atoms with van der Waals surface area (Å²) in [6.45, 7) is 2.48. The summed E-state index contributed by atoms with van der Waals surface area (Å²) < 4.78 is 13.9. The highest BCUT2D eigenvalue weighted by molar-refractivity contribution is 6.00. The second kappa shape index (κ2) is 7.93. The first-order valence-electron chi connectivity index (χ1n) is 12.8. The molecule has 2 atom stereocenters. The van der Waals surface area contributed by atoms with Gasteiger partial charge in [-0.1, -0.05) is 0 Å². The molecule has 184 valence electrons. The van der Waals surface area contributed by atoms with Gasteiger partial charge in [0.25, 0.3) is 5.91 Å². The fraction of sp³-hybridized carbons (Fsp3) is 0.393. The summed E-state index contributed by atoms with van der Waals surface area (Å²) in [6, 6.07) is 8.19. The molecular formula is C28H29N5O3. The number of nitrogens with zero attached hydrogens (tertiary/aromatic N) is 4. The van der Waals surface area contributed by atoms with Crippen LogP contribution in [0.5, 0.6) is 0 Å². The second-order valence-electron chi connectivity index (χ2n) is 10.3. The van der Waals surface area contributed by atoms with Gasteiger partial charge in [0.15, 0.2) is 0 Å². The smallest absolute Gasteiger partial charge is 0.254 e. The van der Waals surface area contributed by atoms with Gasteiger partial charge in [0.05, 0.1) is 36.0 Å². The van der Waals surface area contributed by atoms with Crippen LogP contribution < -0.4 is 5.73 Å². The molecule has 36 heavy (non-hydrogen) atoms. The minimum Gasteiger partial charge on any atom is -0.461 e. The van der Waals surface area contributed by atoms with Crippen LogP contribution in [0.4, 0.5) is 5.82 Å². The molecule has 1 amide bonds. The van der Waals surface area contributed by atoms with Gasteiger partial charge in [-0.05, 0) is 62.4 Å². The Hall–Kier alpha value is -3.65. The van der Waals surface area contributed by atoms with Gasteiger partial charge < -0.3 is 19.8 Å². The van der Waals surface area contributed by atoms with E-state index in [0.717, 1.165) is 76.8 Å². The van der Waals surface area contributed by atoms with Crippen molar-refractivity contribution in [2.75, 3.05) is 5.73 Å². The van der Waals surface area contributed by atoms with Crippen molar-refractivity contribution in [3.63, 3.8) is 0 Å². The van der Waals surface area contributed by atoms with Gasteiger partial charge in [-0.25, -0.2) is 4.98 Å². The number of fused-ring (bicyclic) bond motifs is 4. The minimum absolute atomic E-state index is 0.0113. The van der Waals surface area contributed by atoms with Gasteiger partial charge in [-0.2, -0.15) is 5.10 Å². The summed E-state index contributed by atoms with van der Waals surface area (Å²) in [5.74, 6) is 2.40.